The van der Waals surface area contributed by atoms with E-state index in [9.17, 15) is 13.2 Å². The average molecular weight is 628 g/mol. The predicted octanol–water partition coefficient (Wildman–Crippen LogP) is 6.50. The highest BCUT2D eigenvalue weighted by molar-refractivity contribution is 7.89. The molecule has 4 aromatic rings. The molecule has 0 saturated heterocycles. The zero-order valence-corrected chi connectivity index (χ0v) is 26.8. The number of nitrogens with one attached hydrogen (secondary N) is 1. The number of rotatable bonds is 11. The monoisotopic (exact) mass is 627 g/mol. The molecular formula is C32H39ClFN5O3S. The number of aryl methyl sites for hydroxylation is 2. The van der Waals surface area contributed by atoms with Crippen molar-refractivity contribution in [2.45, 2.75) is 83.7 Å². The van der Waals surface area contributed by atoms with E-state index < -0.39 is 27.1 Å². The minimum absolute atomic E-state index is 0.0590. The standard InChI is InChI=1S/C32H39ClFN5O3S/c1-6-8-10-30-36-39(28-19-24(35)14-15-26(28)33)31(40)38(30)20-23-13-12-22(18-27(23)34)25-17-21(9-7-2)11-16-29(25)43(41,42)37-32(3,4)5/h11-19,37H,6-10,20,35H2,1-5H3. The summed E-state index contributed by atoms with van der Waals surface area (Å²) in [5, 5.41) is 4.85. The fraction of sp³-hybridized carbons (Fsp3) is 0.375. The normalized spacial score (nSPS) is 12.2. The van der Waals surface area contributed by atoms with E-state index >= 15 is 4.39 Å². The number of benzene rings is 3. The number of nitrogens with two attached hydrogens (primary N) is 1. The van der Waals surface area contributed by atoms with Crippen molar-refractivity contribution in [2.24, 2.45) is 0 Å². The van der Waals surface area contributed by atoms with Crippen LogP contribution in [0.1, 0.15) is 70.8 Å². The third-order valence-corrected chi connectivity index (χ3v) is 9.03. The van der Waals surface area contributed by atoms with Gasteiger partial charge in [0.05, 0.1) is 22.2 Å². The zero-order valence-electron chi connectivity index (χ0n) is 25.2. The molecule has 3 N–H and O–H groups in total. The number of hydrogen-bond donors (Lipinski definition) is 2. The van der Waals surface area contributed by atoms with Crippen molar-refractivity contribution in [3.05, 3.63) is 92.9 Å². The minimum Gasteiger partial charge on any atom is -0.399 e. The lowest BCUT2D eigenvalue weighted by Gasteiger charge is -2.22. The van der Waals surface area contributed by atoms with E-state index in [0.29, 0.717) is 39.8 Å². The summed E-state index contributed by atoms with van der Waals surface area (Å²) in [6, 6.07) is 14.6. The first kappa shape index (κ1) is 32.4. The molecule has 0 spiro atoms. The van der Waals surface area contributed by atoms with E-state index in [0.717, 1.165) is 31.2 Å². The number of sulfonamides is 1. The molecule has 0 aliphatic heterocycles. The summed E-state index contributed by atoms with van der Waals surface area (Å²) in [7, 11) is -3.90. The summed E-state index contributed by atoms with van der Waals surface area (Å²) in [6.45, 7) is 9.32. The second-order valence-corrected chi connectivity index (χ2v) is 13.8. The van der Waals surface area contributed by atoms with Gasteiger partial charge in [-0.25, -0.2) is 22.3 Å². The Kier molecular flexibility index (Phi) is 9.83. The topological polar surface area (TPSA) is 112 Å². The summed E-state index contributed by atoms with van der Waals surface area (Å²) < 4.78 is 47.9. The van der Waals surface area contributed by atoms with Crippen molar-refractivity contribution in [2.75, 3.05) is 5.73 Å². The van der Waals surface area contributed by atoms with Crippen LogP contribution in [0.2, 0.25) is 5.02 Å². The molecule has 0 bridgehead atoms. The number of nitrogens with zero attached hydrogens (tertiary/aromatic N) is 3. The molecule has 0 fully saturated rings. The smallest absolute Gasteiger partial charge is 0.351 e. The maximum Gasteiger partial charge on any atom is 0.351 e. The molecule has 230 valence electrons. The number of aromatic nitrogens is 3. The molecule has 4 rings (SSSR count). The van der Waals surface area contributed by atoms with Crippen LogP contribution in [0.25, 0.3) is 16.8 Å². The number of anilines is 1. The molecule has 1 heterocycles. The first-order chi connectivity index (χ1) is 20.2. The van der Waals surface area contributed by atoms with E-state index in [4.69, 9.17) is 17.3 Å². The molecule has 43 heavy (non-hydrogen) atoms. The average Bonchev–Trinajstić information content (AvgIpc) is 3.23. The summed E-state index contributed by atoms with van der Waals surface area (Å²) >= 11 is 6.37. The molecule has 8 nitrogen and oxygen atoms in total. The lowest BCUT2D eigenvalue weighted by Crippen LogP contribution is -2.40. The third-order valence-electron chi connectivity index (χ3n) is 6.90. The first-order valence-electron chi connectivity index (χ1n) is 14.4. The Morgan fingerprint density at radius 2 is 1.74 bits per heavy atom. The Hall–Kier alpha value is -3.47. The van der Waals surface area contributed by atoms with Gasteiger partial charge in [-0.3, -0.25) is 4.57 Å². The Morgan fingerprint density at radius 3 is 2.40 bits per heavy atom. The number of hydrogen-bond acceptors (Lipinski definition) is 5. The van der Waals surface area contributed by atoms with Crippen molar-refractivity contribution in [1.29, 1.82) is 0 Å². The van der Waals surface area contributed by atoms with Gasteiger partial charge in [0.25, 0.3) is 0 Å². The van der Waals surface area contributed by atoms with Crippen LogP contribution in [-0.2, 0) is 29.4 Å². The highest BCUT2D eigenvalue weighted by Gasteiger charge is 2.26. The first-order valence-corrected chi connectivity index (χ1v) is 16.3. The lowest BCUT2D eigenvalue weighted by molar-refractivity contribution is 0.491. The van der Waals surface area contributed by atoms with E-state index in [1.54, 1.807) is 63.2 Å². The molecule has 0 aliphatic carbocycles. The van der Waals surface area contributed by atoms with Gasteiger partial charge >= 0.3 is 5.69 Å². The summed E-state index contributed by atoms with van der Waals surface area (Å²) in [6.07, 6.45) is 3.82. The maximum absolute atomic E-state index is 15.8. The zero-order chi connectivity index (χ0) is 31.5. The molecule has 0 atom stereocenters. The lowest BCUT2D eigenvalue weighted by atomic mass is 9.99. The molecule has 11 heteroatoms. The van der Waals surface area contributed by atoms with E-state index in [-0.39, 0.29) is 17.0 Å². The fourth-order valence-electron chi connectivity index (χ4n) is 4.92. The fourth-order valence-corrected chi connectivity index (χ4v) is 6.74. The van der Waals surface area contributed by atoms with Crippen molar-refractivity contribution >= 4 is 27.3 Å². The van der Waals surface area contributed by atoms with Gasteiger partial charge in [0, 0.05) is 28.8 Å². The summed E-state index contributed by atoms with van der Waals surface area (Å²) in [4.78, 5) is 13.6. The largest absolute Gasteiger partial charge is 0.399 e. The van der Waals surface area contributed by atoms with Crippen LogP contribution in [0, 0.1) is 5.82 Å². The quantitative estimate of drug-likeness (QED) is 0.185. The van der Waals surface area contributed by atoms with Gasteiger partial charge in [-0.15, -0.1) is 5.10 Å². The van der Waals surface area contributed by atoms with Crippen molar-refractivity contribution in [3.8, 4) is 16.8 Å². The van der Waals surface area contributed by atoms with E-state index in [1.807, 2.05) is 19.9 Å². The minimum atomic E-state index is -3.90. The van der Waals surface area contributed by atoms with Gasteiger partial charge in [-0.2, -0.15) is 4.68 Å². The Labute approximate surface area is 257 Å². The van der Waals surface area contributed by atoms with Crippen LogP contribution < -0.4 is 16.1 Å². The molecular weight excluding hydrogens is 589 g/mol. The van der Waals surface area contributed by atoms with Gasteiger partial charge < -0.3 is 5.73 Å². The van der Waals surface area contributed by atoms with Crippen molar-refractivity contribution < 1.29 is 12.8 Å². The van der Waals surface area contributed by atoms with Gasteiger partial charge in [0.15, 0.2) is 0 Å². The molecule has 0 saturated carbocycles. The second kappa shape index (κ2) is 13.0. The molecule has 1 aromatic heterocycles. The Balaban J connectivity index is 1.78. The van der Waals surface area contributed by atoms with Crippen molar-refractivity contribution in [3.63, 3.8) is 0 Å². The van der Waals surface area contributed by atoms with Gasteiger partial charge in [0.1, 0.15) is 11.6 Å². The third kappa shape index (κ3) is 7.55. The summed E-state index contributed by atoms with van der Waals surface area (Å²) in [5.74, 6) is -0.0590. The molecule has 0 radical (unpaired) electrons. The molecule has 0 unspecified atom stereocenters. The highest BCUT2D eigenvalue weighted by Crippen LogP contribution is 2.31. The summed E-state index contributed by atoms with van der Waals surface area (Å²) in [5.41, 5.74) is 7.62. The molecule has 0 amide bonds. The van der Waals surface area contributed by atoms with Gasteiger partial charge in [0.2, 0.25) is 10.0 Å². The SMILES string of the molecule is CCCCc1nn(-c2cc(N)ccc2Cl)c(=O)n1Cc1ccc(-c2cc(CCC)ccc2S(=O)(=O)NC(C)(C)C)cc1F. The maximum atomic E-state index is 15.8. The van der Waals surface area contributed by atoms with Crippen LogP contribution in [-0.4, -0.2) is 28.3 Å². The van der Waals surface area contributed by atoms with Crippen LogP contribution in [0.15, 0.2) is 64.3 Å². The second-order valence-electron chi connectivity index (χ2n) is 11.8. The van der Waals surface area contributed by atoms with Crippen molar-refractivity contribution in [1.82, 2.24) is 19.1 Å². The molecule has 3 aromatic carbocycles. The van der Waals surface area contributed by atoms with E-state index in [2.05, 4.69) is 9.82 Å². The number of unbranched alkanes of at least 4 members (excludes halogenated alkanes) is 1. The Morgan fingerprint density at radius 1 is 1.00 bits per heavy atom. The van der Waals surface area contributed by atoms with Gasteiger partial charge in [-0.05, 0) is 81.1 Å². The van der Waals surface area contributed by atoms with Crippen LogP contribution >= 0.6 is 11.6 Å². The predicted molar refractivity (Wildman–Crippen MR) is 171 cm³/mol. The number of nitrogen functional groups attached to an aromatic ring is 1. The number of halogens is 2. The molecule has 0 aliphatic rings. The van der Waals surface area contributed by atoms with Gasteiger partial charge in [-0.1, -0.05) is 56.5 Å². The van der Waals surface area contributed by atoms with Crippen LogP contribution in [0.3, 0.4) is 0 Å². The van der Waals surface area contributed by atoms with Crippen LogP contribution in [0.4, 0.5) is 10.1 Å². The van der Waals surface area contributed by atoms with E-state index in [1.165, 1.54) is 15.3 Å². The Bertz CT molecular complexity index is 1790. The highest BCUT2D eigenvalue weighted by atomic mass is 35.5. The van der Waals surface area contributed by atoms with Crippen LogP contribution in [0.5, 0.6) is 0 Å².